The van der Waals surface area contributed by atoms with Crippen molar-refractivity contribution in [3.05, 3.63) is 50.1 Å². The summed E-state index contributed by atoms with van der Waals surface area (Å²) >= 11 is 14.9. The maximum Gasteiger partial charge on any atom is 0.341 e. The van der Waals surface area contributed by atoms with E-state index in [1.54, 1.807) is 18.2 Å². The number of anilines is 1. The lowest BCUT2D eigenvalue weighted by molar-refractivity contribution is -0.113. The number of esters is 1. The van der Waals surface area contributed by atoms with Crippen molar-refractivity contribution in [1.82, 2.24) is 14.8 Å². The van der Waals surface area contributed by atoms with Crippen LogP contribution in [0.15, 0.2) is 23.4 Å². The van der Waals surface area contributed by atoms with Crippen LogP contribution in [0.4, 0.5) is 5.00 Å². The number of rotatable bonds is 9. The van der Waals surface area contributed by atoms with Crippen LogP contribution < -0.4 is 10.1 Å². The number of hydrogen-bond acceptors (Lipinski definition) is 8. The van der Waals surface area contributed by atoms with Crippen molar-refractivity contribution in [2.24, 2.45) is 0 Å². The molecule has 2 aromatic heterocycles. The number of carbonyl (C=O) groups is 2. The van der Waals surface area contributed by atoms with Crippen LogP contribution in [0.3, 0.4) is 0 Å². The third-order valence-electron chi connectivity index (χ3n) is 5.52. The molecule has 1 N–H and O–H groups in total. The van der Waals surface area contributed by atoms with Gasteiger partial charge < -0.3 is 19.4 Å². The fourth-order valence-corrected chi connectivity index (χ4v) is 6.48. The van der Waals surface area contributed by atoms with Gasteiger partial charge in [0.05, 0.1) is 23.4 Å². The molecule has 1 amide bonds. The van der Waals surface area contributed by atoms with Gasteiger partial charge in [-0.2, -0.15) is 0 Å². The summed E-state index contributed by atoms with van der Waals surface area (Å²) in [6.45, 7) is 4.42. The van der Waals surface area contributed by atoms with E-state index >= 15 is 0 Å². The lowest BCUT2D eigenvalue weighted by Crippen LogP contribution is -2.17. The Morgan fingerprint density at radius 3 is 2.80 bits per heavy atom. The molecule has 0 bridgehead atoms. The largest absolute Gasteiger partial charge is 0.481 e. The minimum absolute atomic E-state index is 0.111. The molecule has 35 heavy (non-hydrogen) atoms. The van der Waals surface area contributed by atoms with Crippen molar-refractivity contribution in [3.8, 4) is 5.75 Å². The molecule has 0 aliphatic heterocycles. The highest BCUT2D eigenvalue weighted by molar-refractivity contribution is 7.99. The first-order chi connectivity index (χ1) is 16.8. The highest BCUT2D eigenvalue weighted by Gasteiger charge is 2.28. The molecule has 1 atom stereocenters. The smallest absolute Gasteiger partial charge is 0.341 e. The van der Waals surface area contributed by atoms with Crippen LogP contribution >= 0.6 is 46.3 Å². The Balaban J connectivity index is 1.42. The van der Waals surface area contributed by atoms with Crippen molar-refractivity contribution in [1.29, 1.82) is 0 Å². The minimum atomic E-state index is -0.430. The number of nitrogens with zero attached hydrogens (tertiary/aromatic N) is 3. The molecule has 8 nitrogen and oxygen atoms in total. The van der Waals surface area contributed by atoms with E-state index in [4.69, 9.17) is 32.7 Å². The van der Waals surface area contributed by atoms with E-state index in [9.17, 15) is 9.59 Å². The maximum absolute atomic E-state index is 12.7. The first kappa shape index (κ1) is 25.8. The average molecular weight is 556 g/mol. The van der Waals surface area contributed by atoms with Crippen molar-refractivity contribution in [2.75, 3.05) is 18.2 Å². The van der Waals surface area contributed by atoms with E-state index in [0.29, 0.717) is 43.9 Å². The highest BCUT2D eigenvalue weighted by atomic mass is 35.5. The number of thiophene rings is 1. The van der Waals surface area contributed by atoms with Gasteiger partial charge in [-0.15, -0.1) is 21.5 Å². The van der Waals surface area contributed by atoms with Gasteiger partial charge in [0.2, 0.25) is 5.91 Å². The summed E-state index contributed by atoms with van der Waals surface area (Å²) in [5.74, 6) is 0.567. The first-order valence-electron chi connectivity index (χ1n) is 11.0. The second-order valence-corrected chi connectivity index (χ2v) is 10.7. The summed E-state index contributed by atoms with van der Waals surface area (Å²) in [4.78, 5) is 26.2. The highest BCUT2D eigenvalue weighted by Crippen LogP contribution is 2.39. The number of benzene rings is 1. The number of aryl methyl sites for hydroxylation is 1. The summed E-state index contributed by atoms with van der Waals surface area (Å²) in [5, 5.41) is 13.5. The van der Waals surface area contributed by atoms with Gasteiger partial charge in [-0.05, 0) is 56.9 Å². The molecule has 1 aliphatic rings. The molecule has 186 valence electrons. The van der Waals surface area contributed by atoms with Crippen LogP contribution in [0.5, 0.6) is 5.75 Å². The topological polar surface area (TPSA) is 95.3 Å². The molecule has 0 radical (unpaired) electrons. The van der Waals surface area contributed by atoms with E-state index in [0.717, 1.165) is 29.7 Å². The number of halogens is 2. The standard InChI is InChI=1S/C23H24Cl2N4O4S2/c1-4-29-20(12(2)33-16-9-8-13(24)10-15(16)25)27-28-23(29)34-11-18(30)26-21-19(22(31)32-3)14-6-5-7-17(14)35-21/h8-10,12H,4-7,11H2,1-3H3,(H,26,30). The maximum atomic E-state index is 12.7. The van der Waals surface area contributed by atoms with Crippen molar-refractivity contribution >= 4 is 63.2 Å². The molecule has 0 fully saturated rings. The lowest BCUT2D eigenvalue weighted by Gasteiger charge is -2.16. The Kier molecular flexibility index (Phi) is 8.26. The molecule has 1 aliphatic carbocycles. The molecular weight excluding hydrogens is 531 g/mol. The number of fused-ring (bicyclic) bond motifs is 1. The van der Waals surface area contributed by atoms with Crippen LogP contribution in [0.1, 0.15) is 53.0 Å². The fourth-order valence-electron chi connectivity index (χ4n) is 3.92. The Hall–Kier alpha value is -2.27. The van der Waals surface area contributed by atoms with Crippen molar-refractivity contribution < 1.29 is 19.1 Å². The quantitative estimate of drug-likeness (QED) is 0.263. The molecule has 2 heterocycles. The fraction of sp³-hybridized carbons (Fsp3) is 0.391. The third-order valence-corrected chi connectivity index (χ3v) is 8.22. The van der Waals surface area contributed by atoms with Crippen LogP contribution in [-0.4, -0.2) is 39.5 Å². The average Bonchev–Trinajstić information content (AvgIpc) is 3.53. The van der Waals surface area contributed by atoms with Gasteiger partial charge in [0, 0.05) is 16.4 Å². The van der Waals surface area contributed by atoms with Crippen LogP contribution in [0.2, 0.25) is 10.0 Å². The Morgan fingerprint density at radius 2 is 2.09 bits per heavy atom. The van der Waals surface area contributed by atoms with Gasteiger partial charge >= 0.3 is 5.97 Å². The molecular formula is C23H24Cl2N4O4S2. The zero-order valence-electron chi connectivity index (χ0n) is 19.4. The van der Waals surface area contributed by atoms with Gasteiger partial charge in [-0.25, -0.2) is 4.79 Å². The monoisotopic (exact) mass is 554 g/mol. The second-order valence-electron chi connectivity index (χ2n) is 7.81. The Labute approximate surface area is 221 Å². The predicted molar refractivity (Wildman–Crippen MR) is 138 cm³/mol. The number of aromatic nitrogens is 3. The van der Waals surface area contributed by atoms with E-state index in [1.165, 1.54) is 30.2 Å². The van der Waals surface area contributed by atoms with Crippen LogP contribution in [-0.2, 0) is 28.9 Å². The number of hydrogen-bond donors (Lipinski definition) is 1. The van der Waals surface area contributed by atoms with Gasteiger partial charge in [0.15, 0.2) is 17.1 Å². The second kappa shape index (κ2) is 11.2. The Bertz CT molecular complexity index is 1260. The van der Waals surface area contributed by atoms with E-state index < -0.39 is 12.1 Å². The number of methoxy groups -OCH3 is 1. The number of carbonyl (C=O) groups excluding carboxylic acids is 2. The zero-order chi connectivity index (χ0) is 25.1. The lowest BCUT2D eigenvalue weighted by atomic mass is 10.1. The van der Waals surface area contributed by atoms with Crippen LogP contribution in [0, 0.1) is 0 Å². The zero-order valence-corrected chi connectivity index (χ0v) is 22.5. The number of amides is 1. The minimum Gasteiger partial charge on any atom is -0.481 e. The third kappa shape index (κ3) is 5.61. The van der Waals surface area contributed by atoms with Gasteiger partial charge in [-0.1, -0.05) is 35.0 Å². The summed E-state index contributed by atoms with van der Waals surface area (Å²) in [6, 6.07) is 5.02. The molecule has 0 spiro atoms. The molecule has 3 aromatic rings. The molecule has 1 unspecified atom stereocenters. The summed E-state index contributed by atoms with van der Waals surface area (Å²) in [7, 11) is 1.35. The van der Waals surface area contributed by atoms with E-state index in [2.05, 4.69) is 15.5 Å². The van der Waals surface area contributed by atoms with Crippen LogP contribution in [0.25, 0.3) is 0 Å². The predicted octanol–water partition coefficient (Wildman–Crippen LogP) is 5.81. The Morgan fingerprint density at radius 1 is 1.29 bits per heavy atom. The van der Waals surface area contributed by atoms with E-state index in [-0.39, 0.29) is 11.7 Å². The summed E-state index contributed by atoms with van der Waals surface area (Å²) < 4.78 is 12.8. The molecule has 1 aromatic carbocycles. The summed E-state index contributed by atoms with van der Waals surface area (Å²) in [6.07, 6.45) is 2.32. The first-order valence-corrected chi connectivity index (χ1v) is 13.6. The molecule has 12 heteroatoms. The van der Waals surface area contributed by atoms with Crippen molar-refractivity contribution in [2.45, 2.75) is 50.9 Å². The SMILES string of the molecule is CCn1c(SCC(=O)Nc2sc3c(c2C(=O)OC)CCC3)nnc1C(C)Oc1ccc(Cl)cc1Cl. The number of nitrogens with one attached hydrogen (secondary N) is 1. The van der Waals surface area contributed by atoms with Gasteiger partial charge in [-0.3, -0.25) is 4.79 Å². The van der Waals surface area contributed by atoms with Gasteiger partial charge in [0.1, 0.15) is 10.8 Å². The summed E-state index contributed by atoms with van der Waals surface area (Å²) in [5.41, 5.74) is 1.48. The molecule has 0 saturated heterocycles. The van der Waals surface area contributed by atoms with Gasteiger partial charge in [0.25, 0.3) is 0 Å². The number of thioether (sulfide) groups is 1. The van der Waals surface area contributed by atoms with E-state index in [1.807, 2.05) is 18.4 Å². The van der Waals surface area contributed by atoms with Crippen molar-refractivity contribution in [3.63, 3.8) is 0 Å². The number of ether oxygens (including phenoxy) is 2. The molecule has 4 rings (SSSR count). The molecule has 0 saturated carbocycles. The normalized spacial score (nSPS) is 13.4.